The lowest BCUT2D eigenvalue weighted by molar-refractivity contribution is -0.147. The molecule has 0 spiro atoms. The van der Waals surface area contributed by atoms with E-state index in [1.807, 2.05) is 69.9 Å². The maximum Gasteiger partial charge on any atom is 0.412 e. The quantitative estimate of drug-likeness (QED) is 0.0798. The number of ether oxygens (including phenoxy) is 1. The highest BCUT2D eigenvalue weighted by Gasteiger charge is 2.46. The molecule has 5 fully saturated rings. The Balaban J connectivity index is 0.000000213. The number of carbonyl (C=O) groups excluding carboxylic acids is 2. The van der Waals surface area contributed by atoms with Gasteiger partial charge in [0.2, 0.25) is 0 Å². The third kappa shape index (κ3) is 16.4. The molecule has 81 heavy (non-hydrogen) atoms. The number of para-hydroxylation sites is 1. The lowest BCUT2D eigenvalue weighted by atomic mass is 9.83. The number of carboxylic acid groups (broad SMARTS) is 2. The van der Waals surface area contributed by atoms with Gasteiger partial charge in [0.05, 0.1) is 0 Å². The minimum Gasteiger partial charge on any atom is -0.480 e. The van der Waals surface area contributed by atoms with E-state index >= 15 is 0 Å². The van der Waals surface area contributed by atoms with Crippen LogP contribution in [0.1, 0.15) is 120 Å². The van der Waals surface area contributed by atoms with Gasteiger partial charge in [0.15, 0.2) is 11.6 Å². The number of likely N-dealkylation sites (tertiary alicyclic amines) is 4. The van der Waals surface area contributed by atoms with Crippen LogP contribution in [-0.2, 0) is 16.1 Å². The van der Waals surface area contributed by atoms with Crippen LogP contribution in [0, 0.1) is 47.5 Å². The molecule has 1 saturated carbocycles. The van der Waals surface area contributed by atoms with Gasteiger partial charge in [-0.2, -0.15) is 0 Å². The Morgan fingerprint density at radius 3 is 1.89 bits per heavy atom. The molecule has 6 atom stereocenters. The van der Waals surface area contributed by atoms with Gasteiger partial charge in [-0.05, 0) is 128 Å². The number of aryl methyl sites for hydroxylation is 1. The highest BCUT2D eigenvalue weighted by Crippen LogP contribution is 2.41. The molecule has 0 bridgehead atoms. The van der Waals surface area contributed by atoms with Crippen LogP contribution in [0.4, 0.5) is 22.8 Å². The Hall–Kier alpha value is -6.01. The predicted octanol–water partition coefficient (Wildman–Crippen LogP) is 10.6. The fourth-order valence-corrected chi connectivity index (χ4v) is 13.8. The van der Waals surface area contributed by atoms with E-state index < -0.39 is 35.0 Å². The van der Waals surface area contributed by atoms with Crippen LogP contribution in [0.25, 0.3) is 0 Å². The second-order valence-electron chi connectivity index (χ2n) is 24.5. The summed E-state index contributed by atoms with van der Waals surface area (Å²) < 4.78 is 46.5. The topological polar surface area (TPSA) is 158 Å². The van der Waals surface area contributed by atoms with E-state index in [0.717, 1.165) is 127 Å². The fourth-order valence-electron chi connectivity index (χ4n) is 13.8. The monoisotopic (exact) mass is 1120 g/mol. The van der Waals surface area contributed by atoms with Gasteiger partial charge in [0.25, 0.3) is 0 Å². The number of nitrogens with zero attached hydrogens (tertiary/aromatic N) is 5. The minimum absolute atomic E-state index is 0.0110. The standard InChI is InChI=1S/C32H43F3N4O3.C32H43N3O4/c1-5-39(31(42)36-17-21-9-10-27(34)28(35)15-21)25-11-13-37(14-12-25)18-23-19-38(29(30(40)41)32(2,3)4)20-26(23)22-7-6-8-24(33)16-22;1-23-10-8-9-15-29(23)39-32(38)33-27-16-18-34(19-17-27)20-26-21-35(22-28(26)24-11-4-2-5-12-24)30(31(36)37)25-13-6-3-7-14-25/h6-10,15-16,23,25-26,29H,5,11-14,17-20H2,1-4H3,(H,36,42)(H,40,41);2,4-5,8-12,15,25-28,30H,3,6-7,13-14,16-22H2,1H3,(H,33,38)(H,36,37)/t23-,26+,29?;26-,28+,30+/m00/s1. The molecule has 4 N–H and O–H groups in total. The summed E-state index contributed by atoms with van der Waals surface area (Å²) in [5.41, 5.74) is 3.18. The predicted molar refractivity (Wildman–Crippen MR) is 308 cm³/mol. The third-order valence-corrected chi connectivity index (χ3v) is 17.8. The number of amides is 3. The van der Waals surface area contributed by atoms with Gasteiger partial charge in [-0.1, -0.05) is 107 Å². The maximum atomic E-state index is 14.2. The van der Waals surface area contributed by atoms with Crippen LogP contribution in [0.3, 0.4) is 0 Å². The van der Waals surface area contributed by atoms with Crippen molar-refractivity contribution in [1.82, 2.24) is 35.1 Å². The average molecular weight is 1120 g/mol. The number of piperidine rings is 2. The van der Waals surface area contributed by atoms with Crippen LogP contribution in [0.2, 0.25) is 0 Å². The van der Waals surface area contributed by atoms with E-state index in [1.165, 1.54) is 24.1 Å². The molecule has 3 amide bonds. The summed E-state index contributed by atoms with van der Waals surface area (Å²) in [5, 5.41) is 26.2. The Labute approximate surface area is 477 Å². The van der Waals surface area contributed by atoms with Crippen molar-refractivity contribution < 1.29 is 47.3 Å². The molecule has 0 aromatic heterocycles. The zero-order valence-corrected chi connectivity index (χ0v) is 48.1. The van der Waals surface area contributed by atoms with Gasteiger partial charge in [0.1, 0.15) is 23.7 Å². The number of nitrogens with one attached hydrogen (secondary N) is 2. The lowest BCUT2D eigenvalue weighted by Gasteiger charge is -2.39. The molecular formula is C64H86F3N7O7. The molecule has 17 heteroatoms. The highest BCUT2D eigenvalue weighted by molar-refractivity contribution is 5.75. The van der Waals surface area contributed by atoms with E-state index in [-0.39, 0.29) is 60.4 Å². The van der Waals surface area contributed by atoms with Crippen molar-refractivity contribution in [2.24, 2.45) is 23.2 Å². The maximum absolute atomic E-state index is 14.2. The number of hydrogen-bond acceptors (Lipinski definition) is 9. The number of carboxylic acids is 2. The number of rotatable bonds is 17. The summed E-state index contributed by atoms with van der Waals surface area (Å²) in [5.74, 6) is -1.94. The van der Waals surface area contributed by atoms with E-state index in [1.54, 1.807) is 17.0 Å². The number of halogens is 3. The van der Waals surface area contributed by atoms with E-state index in [9.17, 15) is 42.6 Å². The summed E-state index contributed by atoms with van der Waals surface area (Å²) in [6.07, 6.45) is 8.53. The van der Waals surface area contributed by atoms with Crippen LogP contribution < -0.4 is 15.4 Å². The summed E-state index contributed by atoms with van der Waals surface area (Å²) in [6.45, 7) is 18.2. The molecule has 4 aromatic carbocycles. The molecule has 4 aliphatic heterocycles. The Bertz CT molecular complexity index is 2710. The van der Waals surface area contributed by atoms with Crippen molar-refractivity contribution >= 4 is 24.1 Å². The summed E-state index contributed by atoms with van der Waals surface area (Å²) in [6, 6.07) is 27.3. The molecule has 14 nitrogen and oxygen atoms in total. The molecule has 4 saturated heterocycles. The van der Waals surface area contributed by atoms with Gasteiger partial charge in [-0.3, -0.25) is 19.4 Å². The Morgan fingerprint density at radius 1 is 0.679 bits per heavy atom. The summed E-state index contributed by atoms with van der Waals surface area (Å²) in [4.78, 5) is 61.2. The molecule has 440 valence electrons. The average Bonchev–Trinajstić information content (AvgIpc) is 4.16. The van der Waals surface area contributed by atoms with Crippen molar-refractivity contribution in [2.45, 2.75) is 135 Å². The summed E-state index contributed by atoms with van der Waals surface area (Å²) >= 11 is 0. The number of aliphatic carboxylic acids is 2. The first-order valence-corrected chi connectivity index (χ1v) is 29.6. The fraction of sp³-hybridized carbons (Fsp3) is 0.562. The van der Waals surface area contributed by atoms with Gasteiger partial charge in [-0.25, -0.2) is 22.8 Å². The molecule has 9 rings (SSSR count). The number of urea groups is 1. The van der Waals surface area contributed by atoms with Gasteiger partial charge < -0.3 is 40.3 Å². The molecule has 5 aliphatic rings. The minimum atomic E-state index is -0.941. The zero-order chi connectivity index (χ0) is 57.8. The van der Waals surface area contributed by atoms with Crippen LogP contribution in [0.15, 0.2) is 97.1 Å². The van der Waals surface area contributed by atoms with Crippen molar-refractivity contribution in [3.05, 3.63) is 137 Å². The highest BCUT2D eigenvalue weighted by atomic mass is 19.2. The van der Waals surface area contributed by atoms with Crippen molar-refractivity contribution in [1.29, 1.82) is 0 Å². The Kier molecular flexibility index (Phi) is 21.3. The largest absolute Gasteiger partial charge is 0.480 e. The van der Waals surface area contributed by atoms with Gasteiger partial charge >= 0.3 is 24.1 Å². The first-order chi connectivity index (χ1) is 38.8. The first kappa shape index (κ1) is 61.1. The van der Waals surface area contributed by atoms with Crippen molar-refractivity contribution in [3.8, 4) is 5.75 Å². The summed E-state index contributed by atoms with van der Waals surface area (Å²) in [7, 11) is 0. The number of hydrogen-bond donors (Lipinski definition) is 4. The SMILES string of the molecule is CCN(C(=O)NCc1ccc(F)c(F)c1)C1CCN(C[C@H]2CN(C(C(=O)O)C(C)(C)C)C[C@@H]2c2cccc(F)c2)CC1.Cc1ccccc1OC(=O)NC1CCN(C[C@H]2CN([C@@H](C(=O)O)C3CCCCC3)C[C@@H]2c2ccccc2)CC1. The molecule has 4 aromatic rings. The second kappa shape index (κ2) is 28.3. The molecule has 1 unspecified atom stereocenters. The molecule has 4 heterocycles. The van der Waals surface area contributed by atoms with Crippen molar-refractivity contribution in [2.75, 3.05) is 72.0 Å². The first-order valence-electron chi connectivity index (χ1n) is 29.6. The third-order valence-electron chi connectivity index (χ3n) is 17.8. The van der Waals surface area contributed by atoms with E-state index in [2.05, 4.69) is 55.7 Å². The second-order valence-corrected chi connectivity index (χ2v) is 24.5. The van der Waals surface area contributed by atoms with Crippen LogP contribution in [0.5, 0.6) is 5.75 Å². The Morgan fingerprint density at radius 2 is 1.28 bits per heavy atom. The normalized spacial score (nSPS) is 22.8. The molecule has 0 radical (unpaired) electrons. The van der Waals surface area contributed by atoms with Crippen molar-refractivity contribution in [3.63, 3.8) is 0 Å². The van der Waals surface area contributed by atoms with Gasteiger partial charge in [0, 0.05) is 102 Å². The lowest BCUT2D eigenvalue weighted by Crippen LogP contribution is -2.51. The van der Waals surface area contributed by atoms with E-state index in [4.69, 9.17) is 4.74 Å². The van der Waals surface area contributed by atoms with Crippen LogP contribution >= 0.6 is 0 Å². The molecule has 1 aliphatic carbocycles. The van der Waals surface area contributed by atoms with E-state index in [0.29, 0.717) is 42.8 Å². The zero-order valence-electron chi connectivity index (χ0n) is 48.1. The van der Waals surface area contributed by atoms with Gasteiger partial charge in [-0.15, -0.1) is 0 Å². The molecular weight excluding hydrogens is 1040 g/mol. The number of benzene rings is 4. The van der Waals surface area contributed by atoms with Crippen LogP contribution in [-0.4, -0.2) is 155 Å². The number of carbonyl (C=O) groups is 4. The smallest absolute Gasteiger partial charge is 0.412 e.